The highest BCUT2D eigenvalue weighted by Gasteiger charge is 2.23. The summed E-state index contributed by atoms with van der Waals surface area (Å²) in [4.78, 5) is 11.4. The van der Waals surface area contributed by atoms with E-state index in [-0.39, 0.29) is 11.1 Å². The third kappa shape index (κ3) is 2.90. The number of sulfonamides is 1. The smallest absolute Gasteiger partial charge is 0.281 e. The highest BCUT2D eigenvalue weighted by molar-refractivity contribution is 7.89. The molecule has 1 aliphatic rings. The molecular weight excluding hydrogens is 254 g/mol. The summed E-state index contributed by atoms with van der Waals surface area (Å²) >= 11 is 0. The van der Waals surface area contributed by atoms with Crippen LogP contribution in [0.15, 0.2) is 11.2 Å². The molecule has 0 aromatic carbocycles. The summed E-state index contributed by atoms with van der Waals surface area (Å²) < 4.78 is 25.7. The van der Waals surface area contributed by atoms with Crippen molar-refractivity contribution in [2.24, 2.45) is 0 Å². The number of aromatic nitrogens is 2. The molecule has 0 bridgehead atoms. The standard InChI is InChI=1S/C11H19N3O3S/c1-3-14-8-11(12-9(14)2)18(15,16)13-17-10-6-4-5-7-10/h8,10,13H,3-7H2,1-2H3. The molecule has 1 heterocycles. The molecule has 2 rings (SSSR count). The van der Waals surface area contributed by atoms with E-state index in [1.165, 1.54) is 6.20 Å². The van der Waals surface area contributed by atoms with E-state index in [0.717, 1.165) is 25.7 Å². The van der Waals surface area contributed by atoms with Crippen molar-refractivity contribution in [3.63, 3.8) is 0 Å². The fourth-order valence-corrected chi connectivity index (χ4v) is 2.98. The summed E-state index contributed by atoms with van der Waals surface area (Å²) in [6.45, 7) is 4.41. The molecule has 0 amide bonds. The highest BCUT2D eigenvalue weighted by atomic mass is 32.2. The normalized spacial score (nSPS) is 17.4. The molecule has 1 aromatic rings. The quantitative estimate of drug-likeness (QED) is 0.822. The first-order chi connectivity index (χ1) is 8.53. The molecule has 6 nitrogen and oxygen atoms in total. The fourth-order valence-electron chi connectivity index (χ4n) is 2.11. The Morgan fingerprint density at radius 1 is 1.50 bits per heavy atom. The van der Waals surface area contributed by atoms with E-state index in [2.05, 4.69) is 9.87 Å². The Hall–Kier alpha value is -0.920. The van der Waals surface area contributed by atoms with Crippen LogP contribution in [0.2, 0.25) is 0 Å². The van der Waals surface area contributed by atoms with Gasteiger partial charge in [-0.2, -0.15) is 0 Å². The van der Waals surface area contributed by atoms with E-state index in [1.807, 2.05) is 6.92 Å². The average Bonchev–Trinajstić information content (AvgIpc) is 2.95. The maximum atomic E-state index is 12.0. The lowest BCUT2D eigenvalue weighted by molar-refractivity contribution is 0.0222. The van der Waals surface area contributed by atoms with Crippen LogP contribution >= 0.6 is 0 Å². The van der Waals surface area contributed by atoms with Gasteiger partial charge in [-0.05, 0) is 26.7 Å². The first-order valence-corrected chi connectivity index (χ1v) is 7.72. The van der Waals surface area contributed by atoms with Crippen LogP contribution in [0.4, 0.5) is 0 Å². The molecule has 1 N–H and O–H groups in total. The van der Waals surface area contributed by atoms with Crippen molar-refractivity contribution < 1.29 is 13.3 Å². The van der Waals surface area contributed by atoms with Crippen LogP contribution in [-0.4, -0.2) is 24.1 Å². The minimum absolute atomic E-state index is 0.00543. The van der Waals surface area contributed by atoms with E-state index in [4.69, 9.17) is 4.84 Å². The van der Waals surface area contributed by atoms with Gasteiger partial charge in [-0.15, -0.1) is 0 Å². The largest absolute Gasteiger partial charge is 0.334 e. The van der Waals surface area contributed by atoms with Gasteiger partial charge in [-0.25, -0.2) is 13.4 Å². The van der Waals surface area contributed by atoms with Crippen LogP contribution in [0.5, 0.6) is 0 Å². The van der Waals surface area contributed by atoms with Gasteiger partial charge in [-0.1, -0.05) is 17.7 Å². The number of hydrogen-bond acceptors (Lipinski definition) is 4. The van der Waals surface area contributed by atoms with Crippen molar-refractivity contribution in [3.8, 4) is 0 Å². The number of nitrogens with one attached hydrogen (secondary N) is 1. The Morgan fingerprint density at radius 2 is 2.17 bits per heavy atom. The van der Waals surface area contributed by atoms with Crippen molar-refractivity contribution in [1.82, 2.24) is 14.4 Å². The molecule has 0 saturated heterocycles. The predicted molar refractivity (Wildman–Crippen MR) is 66.3 cm³/mol. The maximum Gasteiger partial charge on any atom is 0.281 e. The van der Waals surface area contributed by atoms with Gasteiger partial charge in [0.05, 0.1) is 6.10 Å². The molecular formula is C11H19N3O3S. The monoisotopic (exact) mass is 273 g/mol. The average molecular weight is 273 g/mol. The highest BCUT2D eigenvalue weighted by Crippen LogP contribution is 2.20. The summed E-state index contributed by atoms with van der Waals surface area (Å²) in [6.07, 6.45) is 5.52. The molecule has 0 radical (unpaired) electrons. The Morgan fingerprint density at radius 3 is 2.72 bits per heavy atom. The van der Waals surface area contributed by atoms with Gasteiger partial charge >= 0.3 is 0 Å². The van der Waals surface area contributed by atoms with Gasteiger partial charge in [0.25, 0.3) is 10.0 Å². The Labute approximate surface area is 107 Å². The molecule has 0 unspecified atom stereocenters. The molecule has 0 atom stereocenters. The summed E-state index contributed by atoms with van der Waals surface area (Å²) in [5.74, 6) is 0.679. The summed E-state index contributed by atoms with van der Waals surface area (Å²) in [5.41, 5.74) is 0. The number of rotatable bonds is 5. The van der Waals surface area contributed by atoms with Crippen molar-refractivity contribution in [3.05, 3.63) is 12.0 Å². The molecule has 0 aliphatic heterocycles. The molecule has 102 valence electrons. The van der Waals surface area contributed by atoms with Gasteiger partial charge in [0.15, 0.2) is 5.03 Å². The van der Waals surface area contributed by atoms with E-state index < -0.39 is 10.0 Å². The zero-order chi connectivity index (χ0) is 13.2. The van der Waals surface area contributed by atoms with Crippen molar-refractivity contribution in [1.29, 1.82) is 0 Å². The second-order valence-electron chi connectivity index (χ2n) is 4.52. The van der Waals surface area contributed by atoms with Crippen molar-refractivity contribution in [2.45, 2.75) is 57.2 Å². The van der Waals surface area contributed by atoms with Gasteiger partial charge in [-0.3, -0.25) is 4.84 Å². The lowest BCUT2D eigenvalue weighted by atomic mass is 10.3. The zero-order valence-electron chi connectivity index (χ0n) is 10.7. The first-order valence-electron chi connectivity index (χ1n) is 6.24. The van der Waals surface area contributed by atoms with Crippen LogP contribution in [0, 0.1) is 6.92 Å². The summed E-state index contributed by atoms with van der Waals surface area (Å²) in [6, 6.07) is 0. The van der Waals surface area contributed by atoms with Crippen LogP contribution in [-0.2, 0) is 21.4 Å². The number of imidazole rings is 1. The second kappa shape index (κ2) is 5.38. The van der Waals surface area contributed by atoms with Gasteiger partial charge < -0.3 is 4.57 Å². The van der Waals surface area contributed by atoms with Crippen LogP contribution in [0.25, 0.3) is 0 Å². The third-order valence-electron chi connectivity index (χ3n) is 3.20. The molecule has 1 saturated carbocycles. The first kappa shape index (κ1) is 13.5. The summed E-state index contributed by atoms with van der Waals surface area (Å²) in [5, 5.41) is 0.0137. The Bertz CT molecular complexity index is 504. The van der Waals surface area contributed by atoms with Crippen LogP contribution < -0.4 is 4.89 Å². The lowest BCUT2D eigenvalue weighted by Gasteiger charge is -2.10. The van der Waals surface area contributed by atoms with E-state index in [1.54, 1.807) is 11.5 Å². The Balaban J connectivity index is 2.04. The number of nitrogens with zero attached hydrogens (tertiary/aromatic N) is 2. The van der Waals surface area contributed by atoms with E-state index in [9.17, 15) is 8.42 Å². The third-order valence-corrected chi connectivity index (χ3v) is 4.26. The van der Waals surface area contributed by atoms with Gasteiger partial charge in [0.1, 0.15) is 5.82 Å². The number of aryl methyl sites for hydroxylation is 2. The lowest BCUT2D eigenvalue weighted by Crippen LogP contribution is -2.28. The fraction of sp³-hybridized carbons (Fsp3) is 0.727. The topological polar surface area (TPSA) is 73.2 Å². The second-order valence-corrected chi connectivity index (χ2v) is 6.12. The molecule has 1 aromatic heterocycles. The zero-order valence-corrected chi connectivity index (χ0v) is 11.5. The van der Waals surface area contributed by atoms with E-state index >= 15 is 0 Å². The van der Waals surface area contributed by atoms with Gasteiger partial charge in [0, 0.05) is 12.7 Å². The van der Waals surface area contributed by atoms with Crippen molar-refractivity contribution >= 4 is 10.0 Å². The molecule has 18 heavy (non-hydrogen) atoms. The SMILES string of the molecule is CCn1cc(S(=O)(=O)NOC2CCCC2)nc1C. The maximum absolute atomic E-state index is 12.0. The minimum atomic E-state index is -3.66. The molecule has 0 spiro atoms. The Kier molecular flexibility index (Phi) is 4.04. The van der Waals surface area contributed by atoms with E-state index in [0.29, 0.717) is 12.4 Å². The molecule has 7 heteroatoms. The predicted octanol–water partition coefficient (Wildman–Crippen LogP) is 1.36. The molecule has 1 fully saturated rings. The van der Waals surface area contributed by atoms with Gasteiger partial charge in [0.2, 0.25) is 0 Å². The summed E-state index contributed by atoms with van der Waals surface area (Å²) in [7, 11) is -3.66. The van der Waals surface area contributed by atoms with Crippen molar-refractivity contribution in [2.75, 3.05) is 0 Å². The van der Waals surface area contributed by atoms with Crippen LogP contribution in [0.3, 0.4) is 0 Å². The van der Waals surface area contributed by atoms with Crippen LogP contribution in [0.1, 0.15) is 38.4 Å². The minimum Gasteiger partial charge on any atom is -0.334 e. The number of hydrogen-bond donors (Lipinski definition) is 1. The molecule has 1 aliphatic carbocycles.